The van der Waals surface area contributed by atoms with Crippen molar-refractivity contribution in [3.8, 4) is 0 Å². The first-order chi connectivity index (χ1) is 18.1. The molecule has 3 atom stereocenters. The van der Waals surface area contributed by atoms with E-state index in [1.807, 2.05) is 13.8 Å². The minimum atomic E-state index is -0.459. The van der Waals surface area contributed by atoms with E-state index in [2.05, 4.69) is 36.9 Å². The van der Waals surface area contributed by atoms with Crippen LogP contribution in [0, 0.1) is 15.5 Å². The van der Waals surface area contributed by atoms with Crippen molar-refractivity contribution >= 4 is 44.8 Å². The molecule has 2 aliphatic heterocycles. The molecule has 2 amide bonds. The second kappa shape index (κ2) is 10.1. The topological polar surface area (TPSA) is 133 Å². The zero-order valence-electron chi connectivity index (χ0n) is 21.7. The molecule has 3 N–H and O–H groups in total. The van der Waals surface area contributed by atoms with Crippen molar-refractivity contribution in [2.24, 2.45) is 5.41 Å². The molecule has 0 unspecified atom stereocenters. The van der Waals surface area contributed by atoms with E-state index in [-0.39, 0.29) is 52.3 Å². The number of nitro benzene ring substituents is 1. The Kier molecular flexibility index (Phi) is 7.03. The van der Waals surface area contributed by atoms with E-state index in [0.717, 1.165) is 18.5 Å². The predicted molar refractivity (Wildman–Crippen MR) is 148 cm³/mol. The fraction of sp³-hybridized carbons (Fsp3) is 0.500. The first-order valence-electron chi connectivity index (χ1n) is 12.8. The fourth-order valence-electron chi connectivity index (χ4n) is 5.76. The highest BCUT2D eigenvalue weighted by molar-refractivity contribution is 9.10. The Morgan fingerprint density at radius 3 is 2.45 bits per heavy atom. The lowest BCUT2D eigenvalue weighted by molar-refractivity contribution is -0.384. The summed E-state index contributed by atoms with van der Waals surface area (Å²) in [6.07, 6.45) is 5.02. The molecule has 1 saturated carbocycles. The summed E-state index contributed by atoms with van der Waals surface area (Å²) in [6.45, 7) is 5.98. The number of carbonyl (C=O) groups excluding carboxylic acids is 2. The van der Waals surface area contributed by atoms with Crippen molar-refractivity contribution in [3.63, 3.8) is 0 Å². The first kappa shape index (κ1) is 26.4. The Hall–Kier alpha value is -3.25. The average Bonchev–Trinajstić information content (AvgIpc) is 3.58. The van der Waals surface area contributed by atoms with Gasteiger partial charge in [0.1, 0.15) is 5.69 Å². The quantitative estimate of drug-likeness (QED) is 0.347. The molecule has 1 spiro atoms. The van der Waals surface area contributed by atoms with Gasteiger partial charge in [0.05, 0.1) is 27.8 Å². The summed E-state index contributed by atoms with van der Waals surface area (Å²) >= 11 is 3.37. The lowest BCUT2D eigenvalue weighted by atomic mass is 9.99. The maximum absolute atomic E-state index is 13.7. The van der Waals surface area contributed by atoms with Gasteiger partial charge in [0.15, 0.2) is 0 Å². The molecular weight excluding hydrogens is 554 g/mol. The molecule has 3 aliphatic rings. The minimum absolute atomic E-state index is 0.112. The van der Waals surface area contributed by atoms with Gasteiger partial charge in [0.2, 0.25) is 0 Å². The Morgan fingerprint density at radius 1 is 1.11 bits per heavy atom. The van der Waals surface area contributed by atoms with Gasteiger partial charge in [-0.15, -0.1) is 0 Å². The summed E-state index contributed by atoms with van der Waals surface area (Å²) in [5.41, 5.74) is 1.37. The summed E-state index contributed by atoms with van der Waals surface area (Å²) < 4.78 is 0.468. The molecule has 1 aliphatic carbocycles. The predicted octanol–water partition coefficient (Wildman–Crippen LogP) is 3.33. The monoisotopic (exact) mass is 585 g/mol. The van der Waals surface area contributed by atoms with Crippen LogP contribution in [0.5, 0.6) is 0 Å². The molecular formula is C26H32BrN7O4. The number of hydrogen-bond acceptors (Lipinski definition) is 8. The zero-order valence-corrected chi connectivity index (χ0v) is 23.2. The number of amides is 2. The summed E-state index contributed by atoms with van der Waals surface area (Å²) in [6, 6.07) is 4.85. The largest absolute Gasteiger partial charge is 0.387 e. The minimum Gasteiger partial charge on any atom is -0.387 e. The summed E-state index contributed by atoms with van der Waals surface area (Å²) in [5, 5.41) is 21.9. The Labute approximate surface area is 229 Å². The number of carbonyl (C=O) groups is 2. The molecule has 11 nitrogen and oxygen atoms in total. The summed E-state index contributed by atoms with van der Waals surface area (Å²) in [5.74, 6) is -0.376. The number of halogens is 1. The van der Waals surface area contributed by atoms with Crippen LogP contribution >= 0.6 is 15.9 Å². The molecule has 0 bridgehead atoms. The number of nitro groups is 1. The van der Waals surface area contributed by atoms with Crippen molar-refractivity contribution in [1.29, 1.82) is 0 Å². The Balaban J connectivity index is 1.45. The molecule has 202 valence electrons. The van der Waals surface area contributed by atoms with Crippen molar-refractivity contribution in [3.05, 3.63) is 56.3 Å². The number of hydrogen-bond donors (Lipinski definition) is 3. The van der Waals surface area contributed by atoms with Crippen molar-refractivity contribution in [2.75, 3.05) is 43.9 Å². The van der Waals surface area contributed by atoms with Crippen LogP contribution in [0.25, 0.3) is 0 Å². The first-order valence-corrected chi connectivity index (χ1v) is 13.6. The highest BCUT2D eigenvalue weighted by atomic mass is 79.9. The van der Waals surface area contributed by atoms with Crippen molar-refractivity contribution in [2.45, 2.75) is 44.8 Å². The summed E-state index contributed by atoms with van der Waals surface area (Å²) in [4.78, 5) is 46.5. The van der Waals surface area contributed by atoms with Gasteiger partial charge >= 0.3 is 0 Å². The molecule has 2 saturated heterocycles. The number of likely N-dealkylation sites (tertiary alicyclic amines) is 1. The number of anilines is 2. The SMILES string of the molecule is CNc1cncc(C(=O)N2C[C@H](Nc3c(C(=O)N4C[C@@H](C)N[C@@H](C)C4)cc(Br)cc3[N+](=O)[O-])C3(CC3)C2)c1. The highest BCUT2D eigenvalue weighted by Crippen LogP contribution is 2.54. The van der Waals surface area contributed by atoms with Crippen LogP contribution < -0.4 is 16.0 Å². The molecule has 0 radical (unpaired) electrons. The van der Waals surface area contributed by atoms with E-state index in [0.29, 0.717) is 36.2 Å². The van der Waals surface area contributed by atoms with Crippen LogP contribution in [0.4, 0.5) is 17.1 Å². The van der Waals surface area contributed by atoms with E-state index < -0.39 is 4.92 Å². The zero-order chi connectivity index (χ0) is 27.2. The second-order valence-electron chi connectivity index (χ2n) is 10.7. The Bertz CT molecular complexity index is 1270. The number of aromatic nitrogens is 1. The molecule has 1 aromatic carbocycles. The number of nitrogens with zero attached hydrogens (tertiary/aromatic N) is 4. The Morgan fingerprint density at radius 2 is 1.82 bits per heavy atom. The van der Waals surface area contributed by atoms with Gasteiger partial charge in [-0.3, -0.25) is 24.7 Å². The normalized spacial score (nSPS) is 23.8. The van der Waals surface area contributed by atoms with Gasteiger partial charge in [-0.05, 0) is 38.8 Å². The fourth-order valence-corrected chi connectivity index (χ4v) is 6.21. The summed E-state index contributed by atoms with van der Waals surface area (Å²) in [7, 11) is 1.77. The van der Waals surface area contributed by atoms with Crippen LogP contribution in [-0.4, -0.2) is 82.9 Å². The van der Waals surface area contributed by atoms with Gasteiger partial charge in [0, 0.05) is 73.7 Å². The number of nitrogens with one attached hydrogen (secondary N) is 3. The highest BCUT2D eigenvalue weighted by Gasteiger charge is 2.56. The number of benzene rings is 1. The van der Waals surface area contributed by atoms with Gasteiger partial charge in [0.25, 0.3) is 17.5 Å². The van der Waals surface area contributed by atoms with E-state index in [9.17, 15) is 19.7 Å². The average molecular weight is 586 g/mol. The van der Waals surface area contributed by atoms with Crippen molar-refractivity contribution in [1.82, 2.24) is 20.1 Å². The standard InChI is InChI=1S/C26H32BrN7O4/c1-15-11-32(12-16(2)30-15)25(36)20-7-18(27)8-21(34(37)38)23(20)31-22-13-33(14-26(22)4-5-26)24(35)17-6-19(28-3)10-29-9-17/h6-10,15-16,22,28,30-31H,4-5,11-14H2,1-3H3/t15-,16+,22-/m0/s1. The molecule has 1 aromatic heterocycles. The number of rotatable bonds is 6. The lowest BCUT2D eigenvalue weighted by Gasteiger charge is -2.36. The van der Waals surface area contributed by atoms with E-state index in [1.54, 1.807) is 41.4 Å². The maximum atomic E-state index is 13.7. The smallest absolute Gasteiger partial charge is 0.294 e. The van der Waals surface area contributed by atoms with Crippen LogP contribution in [0.2, 0.25) is 0 Å². The van der Waals surface area contributed by atoms with Gasteiger partial charge in [-0.25, -0.2) is 0 Å². The lowest BCUT2D eigenvalue weighted by Crippen LogP contribution is -2.55. The van der Waals surface area contributed by atoms with E-state index in [4.69, 9.17) is 0 Å². The number of pyridine rings is 1. The third kappa shape index (κ3) is 5.06. The third-order valence-electron chi connectivity index (χ3n) is 7.77. The molecule has 2 aromatic rings. The molecule has 3 heterocycles. The molecule has 3 fully saturated rings. The van der Waals surface area contributed by atoms with Crippen LogP contribution in [-0.2, 0) is 0 Å². The van der Waals surface area contributed by atoms with Crippen LogP contribution in [0.3, 0.4) is 0 Å². The van der Waals surface area contributed by atoms with E-state index in [1.165, 1.54) is 6.07 Å². The van der Waals surface area contributed by atoms with E-state index >= 15 is 0 Å². The maximum Gasteiger partial charge on any atom is 0.294 e. The third-order valence-corrected chi connectivity index (χ3v) is 8.23. The van der Waals surface area contributed by atoms with Gasteiger partial charge in [-0.2, -0.15) is 0 Å². The van der Waals surface area contributed by atoms with Crippen molar-refractivity contribution < 1.29 is 14.5 Å². The van der Waals surface area contributed by atoms with Crippen LogP contribution in [0.15, 0.2) is 35.1 Å². The van der Waals surface area contributed by atoms with Gasteiger partial charge in [-0.1, -0.05) is 15.9 Å². The van der Waals surface area contributed by atoms with Gasteiger partial charge < -0.3 is 25.8 Å². The van der Waals surface area contributed by atoms with Crippen LogP contribution in [0.1, 0.15) is 47.4 Å². The molecule has 5 rings (SSSR count). The molecule has 12 heteroatoms. The second-order valence-corrected chi connectivity index (χ2v) is 11.7. The number of piperazine rings is 1. The molecule has 38 heavy (non-hydrogen) atoms.